The predicted molar refractivity (Wildman–Crippen MR) is 211 cm³/mol. The van der Waals surface area contributed by atoms with Gasteiger partial charge in [-0.3, -0.25) is 9.80 Å². The minimum atomic E-state index is -0.608. The van der Waals surface area contributed by atoms with Crippen molar-refractivity contribution >= 4 is 12.2 Å². The standard InChI is InChI=1S/C44H48N6O7/c1-25-11-12-34(50(25)43(52)56-22-26-9-7-6-8-10-26)40-45-18-32(47-40)28-14-30-23-55-37-17-29(15-31-24-54-36(16-28)38(30)39(31)37)33-19-46-41(48-33)35-13-27(21-53-5)20-49(35)42(51)57-44(2,3)4/h6-10,14-19,25,27,34-35H,11-13,20-24H2,1-5H3,(H,45,47)(H,46,48)/t25-,27?,34-,35?/m0/s1. The van der Waals surface area contributed by atoms with Crippen LogP contribution < -0.4 is 9.47 Å². The summed E-state index contributed by atoms with van der Waals surface area (Å²) in [6.45, 7) is 9.73. The number of hydrogen-bond donors (Lipinski definition) is 2. The number of H-pyrrole nitrogens is 2. The molecule has 2 N–H and O–H groups in total. The molecule has 13 nitrogen and oxygen atoms in total. The Balaban J connectivity index is 0.945. The normalized spacial score (nSPS) is 20.9. The number of imidazole rings is 2. The highest BCUT2D eigenvalue weighted by molar-refractivity contribution is 5.88. The number of likely N-dealkylation sites (tertiary alicyclic amines) is 2. The summed E-state index contributed by atoms with van der Waals surface area (Å²) >= 11 is 0. The van der Waals surface area contributed by atoms with Crippen molar-refractivity contribution in [1.82, 2.24) is 29.7 Å². The van der Waals surface area contributed by atoms with E-state index in [0.29, 0.717) is 32.2 Å². The second-order valence-electron chi connectivity index (χ2n) is 16.6. The summed E-state index contributed by atoms with van der Waals surface area (Å²) in [4.78, 5) is 46.7. The van der Waals surface area contributed by atoms with Gasteiger partial charge in [0.2, 0.25) is 0 Å². The third-order valence-electron chi connectivity index (χ3n) is 11.3. The molecule has 3 aromatic carbocycles. The fraction of sp³-hybridized carbons (Fsp3) is 0.409. The van der Waals surface area contributed by atoms with Gasteiger partial charge in [-0.2, -0.15) is 0 Å². The number of aromatic amines is 2. The topological polar surface area (TPSA) is 144 Å². The van der Waals surface area contributed by atoms with Crippen molar-refractivity contribution in [3.05, 3.63) is 95.3 Å². The summed E-state index contributed by atoms with van der Waals surface area (Å²) in [5.74, 6) is 3.20. The summed E-state index contributed by atoms with van der Waals surface area (Å²) in [6, 6.07) is 17.6. The van der Waals surface area contributed by atoms with Gasteiger partial charge in [-0.1, -0.05) is 30.3 Å². The maximum Gasteiger partial charge on any atom is 0.410 e. The number of nitrogens with zero attached hydrogens (tertiary/aromatic N) is 4. The zero-order valence-electron chi connectivity index (χ0n) is 33.0. The Labute approximate surface area is 331 Å². The van der Waals surface area contributed by atoms with Gasteiger partial charge in [-0.25, -0.2) is 19.6 Å². The number of methoxy groups -OCH3 is 1. The molecule has 0 aliphatic carbocycles. The molecule has 2 fully saturated rings. The molecular weight excluding hydrogens is 725 g/mol. The summed E-state index contributed by atoms with van der Waals surface area (Å²) in [6.07, 6.45) is 5.33. The van der Waals surface area contributed by atoms with Gasteiger partial charge in [0, 0.05) is 59.0 Å². The van der Waals surface area contributed by atoms with Crippen molar-refractivity contribution in [2.75, 3.05) is 20.3 Å². The van der Waals surface area contributed by atoms with E-state index in [1.807, 2.05) is 68.4 Å². The third kappa shape index (κ3) is 7.09. The molecule has 5 aromatic rings. The minimum Gasteiger partial charge on any atom is -0.488 e. The van der Waals surface area contributed by atoms with E-state index in [-0.39, 0.29) is 42.8 Å². The van der Waals surface area contributed by atoms with Gasteiger partial charge < -0.3 is 33.7 Å². The van der Waals surface area contributed by atoms with Crippen molar-refractivity contribution in [2.45, 2.75) is 90.5 Å². The van der Waals surface area contributed by atoms with Crippen LogP contribution in [-0.2, 0) is 34.0 Å². The molecule has 57 heavy (non-hydrogen) atoms. The molecule has 4 atom stereocenters. The lowest BCUT2D eigenvalue weighted by Gasteiger charge is -2.30. The average Bonchev–Trinajstić information content (AvgIpc) is 4.02. The van der Waals surface area contributed by atoms with Crippen molar-refractivity contribution in [3.63, 3.8) is 0 Å². The van der Waals surface area contributed by atoms with Crippen LogP contribution in [0.1, 0.15) is 87.4 Å². The van der Waals surface area contributed by atoms with Crippen LogP contribution in [0.3, 0.4) is 0 Å². The molecule has 2 saturated heterocycles. The Morgan fingerprint density at radius 3 is 2.05 bits per heavy atom. The maximum absolute atomic E-state index is 13.3. The predicted octanol–water partition coefficient (Wildman–Crippen LogP) is 8.73. The molecule has 6 heterocycles. The number of rotatable bonds is 8. The SMILES string of the molecule is COCC1CC(c2ncc(-c3cc4c5c(c3)OCc3cc(-c6cnc([C@@H]7CC[C@H](C)N7C(=O)OCc7ccccc7)[nH]6)cc(c3-5)OC4)[nH]2)N(C(=O)OC(C)(C)C)C1. The number of benzene rings is 3. The first-order valence-electron chi connectivity index (χ1n) is 19.7. The van der Waals surface area contributed by atoms with E-state index in [1.165, 1.54) is 0 Å². The summed E-state index contributed by atoms with van der Waals surface area (Å²) in [5.41, 5.74) is 8.00. The van der Waals surface area contributed by atoms with Gasteiger partial charge in [0.1, 0.15) is 48.6 Å². The second kappa shape index (κ2) is 14.6. The zero-order valence-corrected chi connectivity index (χ0v) is 33.0. The molecule has 0 radical (unpaired) electrons. The Kier molecular flexibility index (Phi) is 9.42. The monoisotopic (exact) mass is 772 g/mol. The summed E-state index contributed by atoms with van der Waals surface area (Å²) in [7, 11) is 1.68. The van der Waals surface area contributed by atoms with Gasteiger partial charge in [-0.15, -0.1) is 0 Å². The van der Waals surface area contributed by atoms with E-state index in [4.69, 9.17) is 33.7 Å². The van der Waals surface area contributed by atoms with E-state index >= 15 is 0 Å². The summed E-state index contributed by atoms with van der Waals surface area (Å²) in [5, 5.41) is 0. The lowest BCUT2D eigenvalue weighted by Crippen LogP contribution is -2.37. The molecule has 4 aliphatic rings. The smallest absolute Gasteiger partial charge is 0.410 e. The molecule has 2 amide bonds. The Hall–Kier alpha value is -5.82. The first-order valence-corrected chi connectivity index (χ1v) is 19.7. The van der Waals surface area contributed by atoms with Crippen LogP contribution in [-0.4, -0.2) is 73.8 Å². The minimum absolute atomic E-state index is 0.0337. The quantitative estimate of drug-likeness (QED) is 0.158. The third-order valence-corrected chi connectivity index (χ3v) is 11.3. The molecule has 9 rings (SSSR count). The highest BCUT2D eigenvalue weighted by Crippen LogP contribution is 2.51. The average molecular weight is 773 g/mol. The van der Waals surface area contributed by atoms with E-state index in [0.717, 1.165) is 86.9 Å². The van der Waals surface area contributed by atoms with Crippen LogP contribution in [0, 0.1) is 5.92 Å². The Bertz CT molecular complexity index is 2260. The molecule has 296 valence electrons. The van der Waals surface area contributed by atoms with Crippen LogP contribution in [0.4, 0.5) is 9.59 Å². The van der Waals surface area contributed by atoms with Crippen molar-refractivity contribution in [1.29, 1.82) is 0 Å². The Morgan fingerprint density at radius 1 is 0.842 bits per heavy atom. The van der Waals surface area contributed by atoms with E-state index in [2.05, 4.69) is 41.2 Å². The maximum atomic E-state index is 13.3. The van der Waals surface area contributed by atoms with Gasteiger partial charge in [-0.05, 0) is 76.8 Å². The molecule has 0 bridgehead atoms. The number of carbonyl (C=O) groups excluding carboxylic acids is 2. The highest BCUT2D eigenvalue weighted by atomic mass is 16.6. The molecule has 2 aromatic heterocycles. The fourth-order valence-corrected chi connectivity index (χ4v) is 8.71. The number of hydrogen-bond acceptors (Lipinski definition) is 9. The van der Waals surface area contributed by atoms with Crippen LogP contribution in [0.5, 0.6) is 11.5 Å². The second-order valence-corrected chi connectivity index (χ2v) is 16.6. The van der Waals surface area contributed by atoms with E-state index in [1.54, 1.807) is 12.0 Å². The summed E-state index contributed by atoms with van der Waals surface area (Å²) < 4.78 is 29.8. The molecule has 13 heteroatoms. The lowest BCUT2D eigenvalue weighted by atomic mass is 9.87. The lowest BCUT2D eigenvalue weighted by molar-refractivity contribution is 0.0208. The number of ether oxygens (including phenoxy) is 5. The fourth-order valence-electron chi connectivity index (χ4n) is 8.71. The van der Waals surface area contributed by atoms with Crippen LogP contribution >= 0.6 is 0 Å². The van der Waals surface area contributed by atoms with E-state index < -0.39 is 5.60 Å². The number of aromatic nitrogens is 4. The van der Waals surface area contributed by atoms with Crippen LogP contribution in [0.25, 0.3) is 33.6 Å². The van der Waals surface area contributed by atoms with Crippen molar-refractivity contribution in [2.24, 2.45) is 5.92 Å². The zero-order chi connectivity index (χ0) is 39.4. The number of carbonyl (C=O) groups is 2. The van der Waals surface area contributed by atoms with Gasteiger partial charge in [0.05, 0.1) is 42.5 Å². The first-order chi connectivity index (χ1) is 27.5. The molecule has 0 saturated carbocycles. The van der Waals surface area contributed by atoms with Gasteiger partial charge in [0.25, 0.3) is 0 Å². The van der Waals surface area contributed by atoms with Crippen LogP contribution in [0.2, 0.25) is 0 Å². The van der Waals surface area contributed by atoms with Crippen molar-refractivity contribution in [3.8, 4) is 45.1 Å². The van der Waals surface area contributed by atoms with E-state index in [9.17, 15) is 9.59 Å². The van der Waals surface area contributed by atoms with Crippen molar-refractivity contribution < 1.29 is 33.3 Å². The molecule has 2 unspecified atom stereocenters. The largest absolute Gasteiger partial charge is 0.488 e. The van der Waals surface area contributed by atoms with Crippen LogP contribution in [0.15, 0.2) is 67.0 Å². The first kappa shape index (κ1) is 36.8. The van der Waals surface area contributed by atoms with Gasteiger partial charge in [0.15, 0.2) is 0 Å². The highest BCUT2D eigenvalue weighted by Gasteiger charge is 2.41. The number of amides is 2. The molecule has 0 spiro atoms. The number of nitrogens with one attached hydrogen (secondary N) is 2. The molecular formula is C44H48N6O7. The Morgan fingerprint density at radius 2 is 1.46 bits per heavy atom. The molecule has 4 aliphatic heterocycles. The van der Waals surface area contributed by atoms with Gasteiger partial charge >= 0.3 is 12.2 Å².